The molecule has 0 spiro atoms. The van der Waals surface area contributed by atoms with E-state index in [-0.39, 0.29) is 5.97 Å². The van der Waals surface area contributed by atoms with E-state index in [9.17, 15) is 4.79 Å². The van der Waals surface area contributed by atoms with Crippen LogP contribution in [-0.4, -0.2) is 18.8 Å². The SMILES string of the molecule is COC(=O)c1ccc(CSCCCC#N)cc1. The summed E-state index contributed by atoms with van der Waals surface area (Å²) in [4.78, 5) is 11.2. The Hall–Kier alpha value is -1.47. The number of carbonyl (C=O) groups is 1. The summed E-state index contributed by atoms with van der Waals surface area (Å²) in [5.74, 6) is 1.59. The minimum absolute atomic E-state index is 0.307. The van der Waals surface area contributed by atoms with Gasteiger partial charge in [-0.25, -0.2) is 4.79 Å². The molecular formula is C13H15NO2S. The summed E-state index contributed by atoms with van der Waals surface area (Å²) < 4.78 is 4.63. The van der Waals surface area contributed by atoms with E-state index in [0.29, 0.717) is 12.0 Å². The molecule has 0 atom stereocenters. The first-order valence-corrected chi connectivity index (χ1v) is 6.55. The van der Waals surface area contributed by atoms with Crippen molar-refractivity contribution in [2.24, 2.45) is 0 Å². The first kappa shape index (κ1) is 13.6. The number of carbonyl (C=O) groups excluding carboxylic acids is 1. The lowest BCUT2D eigenvalue weighted by molar-refractivity contribution is 0.0600. The molecule has 0 aromatic heterocycles. The Morgan fingerprint density at radius 3 is 2.71 bits per heavy atom. The lowest BCUT2D eigenvalue weighted by Crippen LogP contribution is -2.00. The molecule has 0 amide bonds. The number of unbranched alkanes of at least 4 members (excludes halogenated alkanes) is 1. The standard InChI is InChI=1S/C13H15NO2S/c1-16-13(15)12-6-4-11(5-7-12)10-17-9-3-2-8-14/h4-7H,2-3,9-10H2,1H3. The van der Waals surface area contributed by atoms with E-state index >= 15 is 0 Å². The van der Waals surface area contributed by atoms with Gasteiger partial charge in [0.15, 0.2) is 0 Å². The molecule has 0 saturated carbocycles. The summed E-state index contributed by atoms with van der Waals surface area (Å²) in [6, 6.07) is 9.55. The fraction of sp³-hybridized carbons (Fsp3) is 0.385. The molecule has 0 bridgehead atoms. The summed E-state index contributed by atoms with van der Waals surface area (Å²) in [5, 5.41) is 8.39. The van der Waals surface area contributed by atoms with Crippen LogP contribution in [0.15, 0.2) is 24.3 Å². The molecule has 4 heteroatoms. The zero-order chi connectivity index (χ0) is 12.5. The third-order valence-corrected chi connectivity index (χ3v) is 3.34. The molecule has 0 saturated heterocycles. The van der Waals surface area contributed by atoms with Crippen LogP contribution in [0, 0.1) is 11.3 Å². The molecule has 0 radical (unpaired) electrons. The second-order valence-electron chi connectivity index (χ2n) is 3.50. The van der Waals surface area contributed by atoms with Gasteiger partial charge >= 0.3 is 5.97 Å². The van der Waals surface area contributed by atoms with Crippen molar-refractivity contribution in [1.82, 2.24) is 0 Å². The van der Waals surface area contributed by atoms with Crippen molar-refractivity contribution in [3.05, 3.63) is 35.4 Å². The normalized spacial score (nSPS) is 9.65. The van der Waals surface area contributed by atoms with Gasteiger partial charge in [-0.15, -0.1) is 0 Å². The predicted molar refractivity (Wildman–Crippen MR) is 68.8 cm³/mol. The van der Waals surface area contributed by atoms with Crippen LogP contribution in [0.1, 0.15) is 28.8 Å². The molecule has 0 aliphatic heterocycles. The fourth-order valence-corrected chi connectivity index (χ4v) is 2.22. The summed E-state index contributed by atoms with van der Waals surface area (Å²) >= 11 is 1.80. The summed E-state index contributed by atoms with van der Waals surface area (Å²) in [5.41, 5.74) is 1.75. The molecule has 3 nitrogen and oxygen atoms in total. The number of rotatable bonds is 6. The highest BCUT2D eigenvalue weighted by atomic mass is 32.2. The van der Waals surface area contributed by atoms with Gasteiger partial charge in [0.05, 0.1) is 18.7 Å². The summed E-state index contributed by atoms with van der Waals surface area (Å²) in [6.45, 7) is 0. The second-order valence-corrected chi connectivity index (χ2v) is 4.61. The zero-order valence-electron chi connectivity index (χ0n) is 9.81. The van der Waals surface area contributed by atoms with Crippen LogP contribution >= 0.6 is 11.8 Å². The Labute approximate surface area is 106 Å². The van der Waals surface area contributed by atoms with Gasteiger partial charge in [-0.05, 0) is 29.9 Å². The van der Waals surface area contributed by atoms with Crippen LogP contribution in [0.25, 0.3) is 0 Å². The fourth-order valence-electron chi connectivity index (χ4n) is 1.30. The van der Waals surface area contributed by atoms with E-state index in [4.69, 9.17) is 5.26 Å². The minimum atomic E-state index is -0.307. The smallest absolute Gasteiger partial charge is 0.337 e. The Bertz CT molecular complexity index is 395. The number of hydrogen-bond donors (Lipinski definition) is 0. The molecule has 1 aromatic rings. The summed E-state index contributed by atoms with van der Waals surface area (Å²) in [7, 11) is 1.38. The van der Waals surface area contributed by atoms with Crippen LogP contribution in [0.5, 0.6) is 0 Å². The number of thioether (sulfide) groups is 1. The highest BCUT2D eigenvalue weighted by Gasteiger charge is 2.03. The molecule has 0 aliphatic rings. The van der Waals surface area contributed by atoms with Crippen molar-refractivity contribution < 1.29 is 9.53 Å². The topological polar surface area (TPSA) is 50.1 Å². The van der Waals surface area contributed by atoms with Crippen molar-refractivity contribution in [2.45, 2.75) is 18.6 Å². The van der Waals surface area contributed by atoms with Crippen LogP contribution in [0.4, 0.5) is 0 Å². The van der Waals surface area contributed by atoms with Gasteiger partial charge in [0.2, 0.25) is 0 Å². The van der Waals surface area contributed by atoms with Gasteiger partial charge in [0.25, 0.3) is 0 Å². The highest BCUT2D eigenvalue weighted by molar-refractivity contribution is 7.98. The summed E-state index contributed by atoms with van der Waals surface area (Å²) in [6.07, 6.45) is 1.55. The maximum absolute atomic E-state index is 11.2. The number of methoxy groups -OCH3 is 1. The monoisotopic (exact) mass is 249 g/mol. The number of benzene rings is 1. The van der Waals surface area contributed by atoms with E-state index in [2.05, 4.69) is 10.8 Å². The Morgan fingerprint density at radius 2 is 2.12 bits per heavy atom. The third-order valence-electron chi connectivity index (χ3n) is 2.22. The van der Waals surface area contributed by atoms with Gasteiger partial charge in [-0.3, -0.25) is 0 Å². The number of ether oxygens (including phenoxy) is 1. The molecule has 0 heterocycles. The van der Waals surface area contributed by atoms with E-state index < -0.39 is 0 Å². The second kappa shape index (κ2) is 7.75. The highest BCUT2D eigenvalue weighted by Crippen LogP contribution is 2.14. The lowest BCUT2D eigenvalue weighted by Gasteiger charge is -2.02. The first-order valence-electron chi connectivity index (χ1n) is 5.40. The van der Waals surface area contributed by atoms with E-state index in [1.165, 1.54) is 12.7 Å². The number of hydrogen-bond acceptors (Lipinski definition) is 4. The average Bonchev–Trinajstić information content (AvgIpc) is 2.38. The van der Waals surface area contributed by atoms with Crippen LogP contribution in [-0.2, 0) is 10.5 Å². The Morgan fingerprint density at radius 1 is 1.41 bits per heavy atom. The number of nitriles is 1. The van der Waals surface area contributed by atoms with Gasteiger partial charge < -0.3 is 4.74 Å². The van der Waals surface area contributed by atoms with Crippen LogP contribution < -0.4 is 0 Å². The largest absolute Gasteiger partial charge is 0.465 e. The molecule has 1 rings (SSSR count). The molecule has 17 heavy (non-hydrogen) atoms. The van der Waals surface area contributed by atoms with Crippen molar-refractivity contribution in [2.75, 3.05) is 12.9 Å². The van der Waals surface area contributed by atoms with Gasteiger partial charge in [0, 0.05) is 12.2 Å². The number of esters is 1. The molecule has 0 N–H and O–H groups in total. The number of nitrogens with zero attached hydrogens (tertiary/aromatic N) is 1. The van der Waals surface area contributed by atoms with E-state index in [0.717, 1.165) is 17.9 Å². The van der Waals surface area contributed by atoms with Crippen molar-refractivity contribution in [3.63, 3.8) is 0 Å². The molecule has 90 valence electrons. The quantitative estimate of drug-likeness (QED) is 0.574. The van der Waals surface area contributed by atoms with Crippen molar-refractivity contribution in [1.29, 1.82) is 5.26 Å². The Balaban J connectivity index is 2.36. The maximum Gasteiger partial charge on any atom is 0.337 e. The maximum atomic E-state index is 11.2. The molecule has 1 aromatic carbocycles. The van der Waals surface area contributed by atoms with E-state index in [1.54, 1.807) is 23.9 Å². The lowest BCUT2D eigenvalue weighted by atomic mass is 10.1. The predicted octanol–water partition coefficient (Wildman–Crippen LogP) is 3.01. The molecule has 0 unspecified atom stereocenters. The first-order chi connectivity index (χ1) is 8.27. The minimum Gasteiger partial charge on any atom is -0.465 e. The van der Waals surface area contributed by atoms with Crippen molar-refractivity contribution in [3.8, 4) is 6.07 Å². The molecule has 0 aliphatic carbocycles. The van der Waals surface area contributed by atoms with Crippen molar-refractivity contribution >= 4 is 17.7 Å². The van der Waals surface area contributed by atoms with Crippen LogP contribution in [0.2, 0.25) is 0 Å². The molecule has 0 fully saturated rings. The van der Waals surface area contributed by atoms with E-state index in [1.807, 2.05) is 12.1 Å². The third kappa shape index (κ3) is 4.92. The van der Waals surface area contributed by atoms with Gasteiger partial charge in [-0.2, -0.15) is 17.0 Å². The average molecular weight is 249 g/mol. The Kier molecular flexibility index (Phi) is 6.19. The van der Waals surface area contributed by atoms with Crippen LogP contribution in [0.3, 0.4) is 0 Å². The van der Waals surface area contributed by atoms with Gasteiger partial charge in [0.1, 0.15) is 0 Å². The van der Waals surface area contributed by atoms with Gasteiger partial charge in [-0.1, -0.05) is 12.1 Å². The zero-order valence-corrected chi connectivity index (χ0v) is 10.6. The molecular weight excluding hydrogens is 234 g/mol.